The summed E-state index contributed by atoms with van der Waals surface area (Å²) in [5, 5.41) is 2.96. The number of nitrogens with zero attached hydrogens (tertiary/aromatic N) is 1. The van der Waals surface area contributed by atoms with Crippen molar-refractivity contribution in [3.63, 3.8) is 0 Å². The van der Waals surface area contributed by atoms with E-state index in [4.69, 9.17) is 10.5 Å². The number of rotatable bonds is 7. The SMILES string of the molecule is CCC(C)(C)NC(=O)C(C)Oc1ccc(CC(C)N)nc1. The second kappa shape index (κ2) is 7.41. The molecule has 0 aliphatic carbocycles. The topological polar surface area (TPSA) is 77.2 Å². The third-order valence-electron chi connectivity index (χ3n) is 3.36. The van der Waals surface area contributed by atoms with Crippen molar-refractivity contribution >= 4 is 5.91 Å². The summed E-state index contributed by atoms with van der Waals surface area (Å²) in [6, 6.07) is 3.77. The van der Waals surface area contributed by atoms with Crippen molar-refractivity contribution < 1.29 is 9.53 Å². The Kier molecular flexibility index (Phi) is 6.15. The molecule has 0 aliphatic rings. The molecule has 118 valence electrons. The lowest BCUT2D eigenvalue weighted by Gasteiger charge is -2.26. The van der Waals surface area contributed by atoms with Crippen LogP contribution in [-0.2, 0) is 11.2 Å². The maximum Gasteiger partial charge on any atom is 0.261 e. The van der Waals surface area contributed by atoms with Crippen LogP contribution in [-0.4, -0.2) is 28.6 Å². The molecule has 1 aromatic heterocycles. The molecule has 1 amide bonds. The first-order valence-electron chi connectivity index (χ1n) is 7.42. The maximum absolute atomic E-state index is 12.1. The van der Waals surface area contributed by atoms with Crippen LogP contribution in [0.15, 0.2) is 18.3 Å². The Morgan fingerprint density at radius 2 is 2.10 bits per heavy atom. The standard InChI is InChI=1S/C16H27N3O2/c1-6-16(4,5)19-15(20)12(3)21-14-8-7-13(18-10-14)9-11(2)17/h7-8,10-12H,6,9,17H2,1-5H3,(H,19,20). The number of hydrogen-bond acceptors (Lipinski definition) is 4. The van der Waals surface area contributed by atoms with Crippen molar-refractivity contribution in [3.8, 4) is 5.75 Å². The van der Waals surface area contributed by atoms with E-state index in [-0.39, 0.29) is 17.5 Å². The molecule has 0 aliphatic heterocycles. The molecule has 21 heavy (non-hydrogen) atoms. The van der Waals surface area contributed by atoms with Crippen LogP contribution >= 0.6 is 0 Å². The second-order valence-electron chi connectivity index (χ2n) is 6.15. The molecular weight excluding hydrogens is 266 g/mol. The number of nitrogens with two attached hydrogens (primary N) is 1. The smallest absolute Gasteiger partial charge is 0.261 e. The Balaban J connectivity index is 2.58. The fourth-order valence-corrected chi connectivity index (χ4v) is 1.71. The maximum atomic E-state index is 12.1. The number of pyridine rings is 1. The van der Waals surface area contributed by atoms with Crippen molar-refractivity contribution in [1.82, 2.24) is 10.3 Å². The first kappa shape index (κ1) is 17.4. The minimum absolute atomic E-state index is 0.0743. The lowest BCUT2D eigenvalue weighted by atomic mass is 10.0. The molecule has 0 fully saturated rings. The monoisotopic (exact) mass is 293 g/mol. The largest absolute Gasteiger partial charge is 0.479 e. The van der Waals surface area contributed by atoms with Gasteiger partial charge in [0, 0.05) is 23.7 Å². The molecule has 5 heteroatoms. The summed E-state index contributed by atoms with van der Waals surface area (Å²) in [5.41, 5.74) is 6.42. The van der Waals surface area contributed by atoms with Gasteiger partial charge in [0.1, 0.15) is 5.75 Å². The third-order valence-corrected chi connectivity index (χ3v) is 3.36. The summed E-state index contributed by atoms with van der Waals surface area (Å²) < 4.78 is 5.62. The van der Waals surface area contributed by atoms with Crippen LogP contribution in [0.3, 0.4) is 0 Å². The summed E-state index contributed by atoms with van der Waals surface area (Å²) in [5.74, 6) is 0.460. The van der Waals surface area contributed by atoms with Gasteiger partial charge in [0.25, 0.3) is 5.91 Å². The van der Waals surface area contributed by atoms with E-state index in [0.717, 1.165) is 18.5 Å². The number of amides is 1. The van der Waals surface area contributed by atoms with Crippen LogP contribution in [0.2, 0.25) is 0 Å². The number of carbonyl (C=O) groups is 1. The highest BCUT2D eigenvalue weighted by atomic mass is 16.5. The van der Waals surface area contributed by atoms with Gasteiger partial charge < -0.3 is 15.8 Å². The average Bonchev–Trinajstić information content (AvgIpc) is 2.40. The van der Waals surface area contributed by atoms with Gasteiger partial charge in [-0.3, -0.25) is 9.78 Å². The van der Waals surface area contributed by atoms with Gasteiger partial charge in [0.05, 0.1) is 6.20 Å². The highest BCUT2D eigenvalue weighted by Crippen LogP contribution is 2.13. The quantitative estimate of drug-likeness (QED) is 0.806. The summed E-state index contributed by atoms with van der Waals surface area (Å²) in [4.78, 5) is 16.3. The van der Waals surface area contributed by atoms with Gasteiger partial charge in [0.15, 0.2) is 6.10 Å². The molecule has 5 nitrogen and oxygen atoms in total. The van der Waals surface area contributed by atoms with Crippen LogP contribution < -0.4 is 15.8 Å². The molecule has 1 aromatic rings. The second-order valence-corrected chi connectivity index (χ2v) is 6.15. The molecule has 0 radical (unpaired) electrons. The first-order chi connectivity index (χ1) is 9.73. The molecule has 2 unspecified atom stereocenters. The molecular formula is C16H27N3O2. The lowest BCUT2D eigenvalue weighted by Crippen LogP contribution is -2.48. The highest BCUT2D eigenvalue weighted by molar-refractivity contribution is 5.81. The molecule has 1 heterocycles. The van der Waals surface area contributed by atoms with Crippen molar-refractivity contribution in [2.75, 3.05) is 0 Å². The van der Waals surface area contributed by atoms with Crippen LogP contribution in [0.25, 0.3) is 0 Å². The number of carbonyl (C=O) groups excluding carboxylic acids is 1. The average molecular weight is 293 g/mol. The molecule has 0 aromatic carbocycles. The molecule has 0 saturated heterocycles. The van der Waals surface area contributed by atoms with Crippen LogP contribution in [0.4, 0.5) is 0 Å². The summed E-state index contributed by atoms with van der Waals surface area (Å²) in [6.07, 6.45) is 2.66. The normalized spacial score (nSPS) is 14.4. The van der Waals surface area contributed by atoms with Crippen LogP contribution in [0.1, 0.15) is 46.7 Å². The van der Waals surface area contributed by atoms with E-state index >= 15 is 0 Å². The molecule has 2 atom stereocenters. The fourth-order valence-electron chi connectivity index (χ4n) is 1.71. The number of ether oxygens (including phenoxy) is 1. The third kappa shape index (κ3) is 6.12. The number of nitrogens with one attached hydrogen (secondary N) is 1. The molecule has 3 N–H and O–H groups in total. The highest BCUT2D eigenvalue weighted by Gasteiger charge is 2.22. The van der Waals surface area contributed by atoms with Gasteiger partial charge in [0.2, 0.25) is 0 Å². The van der Waals surface area contributed by atoms with E-state index in [2.05, 4.69) is 10.3 Å². The van der Waals surface area contributed by atoms with Crippen LogP contribution in [0, 0.1) is 0 Å². The zero-order chi connectivity index (χ0) is 16.0. The summed E-state index contributed by atoms with van der Waals surface area (Å²) >= 11 is 0. The molecule has 0 spiro atoms. The lowest BCUT2D eigenvalue weighted by molar-refractivity contribution is -0.128. The van der Waals surface area contributed by atoms with Crippen LogP contribution in [0.5, 0.6) is 5.75 Å². The zero-order valence-electron chi connectivity index (χ0n) is 13.6. The van der Waals surface area contributed by atoms with Crippen molar-refractivity contribution in [3.05, 3.63) is 24.0 Å². The van der Waals surface area contributed by atoms with Gasteiger partial charge in [-0.25, -0.2) is 0 Å². The predicted octanol–water partition coefficient (Wildman–Crippen LogP) is 2.04. The van der Waals surface area contributed by atoms with Crippen molar-refractivity contribution in [1.29, 1.82) is 0 Å². The van der Waals surface area contributed by atoms with E-state index in [9.17, 15) is 4.79 Å². The van der Waals surface area contributed by atoms with Gasteiger partial charge in [-0.2, -0.15) is 0 Å². The van der Waals surface area contributed by atoms with Crippen molar-refractivity contribution in [2.24, 2.45) is 5.73 Å². The molecule has 0 bridgehead atoms. The van der Waals surface area contributed by atoms with E-state index in [1.54, 1.807) is 13.1 Å². The van der Waals surface area contributed by atoms with Crippen molar-refractivity contribution in [2.45, 2.75) is 65.1 Å². The van der Waals surface area contributed by atoms with E-state index in [1.165, 1.54) is 0 Å². The summed E-state index contributed by atoms with van der Waals surface area (Å²) in [6.45, 7) is 9.68. The zero-order valence-corrected chi connectivity index (χ0v) is 13.6. The Morgan fingerprint density at radius 1 is 1.43 bits per heavy atom. The Hall–Kier alpha value is -1.62. The predicted molar refractivity (Wildman–Crippen MR) is 84.2 cm³/mol. The van der Waals surface area contributed by atoms with E-state index in [0.29, 0.717) is 5.75 Å². The van der Waals surface area contributed by atoms with Gasteiger partial charge >= 0.3 is 0 Å². The van der Waals surface area contributed by atoms with Gasteiger partial charge in [-0.1, -0.05) is 6.92 Å². The van der Waals surface area contributed by atoms with E-state index in [1.807, 2.05) is 39.8 Å². The van der Waals surface area contributed by atoms with E-state index < -0.39 is 6.10 Å². The molecule has 0 saturated carbocycles. The Labute approximate surface area is 127 Å². The number of aromatic nitrogens is 1. The Bertz CT molecular complexity index is 455. The number of hydrogen-bond donors (Lipinski definition) is 2. The Morgan fingerprint density at radius 3 is 2.57 bits per heavy atom. The van der Waals surface area contributed by atoms with Gasteiger partial charge in [-0.15, -0.1) is 0 Å². The fraction of sp³-hybridized carbons (Fsp3) is 0.625. The minimum atomic E-state index is -0.558. The minimum Gasteiger partial charge on any atom is -0.479 e. The summed E-state index contributed by atoms with van der Waals surface area (Å²) in [7, 11) is 0. The molecule has 1 rings (SSSR count). The van der Waals surface area contributed by atoms with Gasteiger partial charge in [-0.05, 0) is 46.2 Å². The first-order valence-corrected chi connectivity index (χ1v) is 7.42.